The molecule has 2 rings (SSSR count). The molecule has 60 valence electrons. The van der Waals surface area contributed by atoms with Gasteiger partial charge in [0.15, 0.2) is 0 Å². The largest absolute Gasteiger partial charge is 0.351 e. The van der Waals surface area contributed by atoms with Gasteiger partial charge in [-0.3, -0.25) is 0 Å². The smallest absolute Gasteiger partial charge is 0.149 e. The Kier molecular flexibility index (Phi) is 1.85. The molecular formula is C11H10O. The lowest BCUT2D eigenvalue weighted by Crippen LogP contribution is -1.83. The van der Waals surface area contributed by atoms with Gasteiger partial charge in [0.2, 0.25) is 0 Å². The van der Waals surface area contributed by atoms with Gasteiger partial charge < -0.3 is 4.74 Å². The van der Waals surface area contributed by atoms with E-state index < -0.39 is 0 Å². The van der Waals surface area contributed by atoms with Crippen LogP contribution in [0.4, 0.5) is 0 Å². The number of rotatable bonds is 1. The van der Waals surface area contributed by atoms with Crippen LogP contribution < -0.4 is 0 Å². The zero-order valence-corrected chi connectivity index (χ0v) is 6.95. The summed E-state index contributed by atoms with van der Waals surface area (Å²) in [6.07, 6.45) is 0.357. The minimum Gasteiger partial charge on any atom is -0.351 e. The van der Waals surface area contributed by atoms with Crippen molar-refractivity contribution in [2.75, 3.05) is 0 Å². The van der Waals surface area contributed by atoms with Crippen LogP contribution in [-0.2, 0) is 4.74 Å². The summed E-state index contributed by atoms with van der Waals surface area (Å²) in [5.41, 5.74) is 1.23. The lowest BCUT2D eigenvalue weighted by atomic mass is 10.1. The summed E-state index contributed by atoms with van der Waals surface area (Å²) in [5.74, 6) is 5.85. The van der Waals surface area contributed by atoms with Gasteiger partial charge in [0.05, 0.1) is 0 Å². The minimum absolute atomic E-state index is 0.136. The summed E-state index contributed by atoms with van der Waals surface area (Å²) in [6.45, 7) is 1.84. The van der Waals surface area contributed by atoms with Crippen molar-refractivity contribution in [3.8, 4) is 11.8 Å². The first-order chi connectivity index (χ1) is 5.92. The molecule has 1 heterocycles. The summed E-state index contributed by atoms with van der Waals surface area (Å²) >= 11 is 0. The Morgan fingerprint density at radius 2 is 2.00 bits per heavy atom. The zero-order chi connectivity index (χ0) is 8.39. The minimum atomic E-state index is 0.136. The summed E-state index contributed by atoms with van der Waals surface area (Å²) in [7, 11) is 0. The topological polar surface area (TPSA) is 12.5 Å². The van der Waals surface area contributed by atoms with Gasteiger partial charge in [-0.1, -0.05) is 36.3 Å². The summed E-state index contributed by atoms with van der Waals surface area (Å²) in [4.78, 5) is 0. The first-order valence-electron chi connectivity index (χ1n) is 4.04. The molecule has 1 heteroatoms. The Morgan fingerprint density at radius 1 is 1.25 bits per heavy atom. The molecule has 1 aromatic rings. The fraction of sp³-hybridized carbons (Fsp3) is 0.273. The van der Waals surface area contributed by atoms with E-state index in [0.717, 1.165) is 0 Å². The van der Waals surface area contributed by atoms with Gasteiger partial charge in [-0.05, 0) is 12.5 Å². The van der Waals surface area contributed by atoms with E-state index >= 15 is 0 Å². The first kappa shape index (κ1) is 7.39. The van der Waals surface area contributed by atoms with E-state index in [1.807, 2.05) is 25.1 Å². The Balaban J connectivity index is 2.09. The number of hydrogen-bond acceptors (Lipinski definition) is 1. The molecule has 0 spiro atoms. The maximum absolute atomic E-state index is 5.37. The van der Waals surface area contributed by atoms with Crippen LogP contribution in [-0.4, -0.2) is 6.10 Å². The van der Waals surface area contributed by atoms with Crippen LogP contribution in [0.2, 0.25) is 0 Å². The third kappa shape index (κ3) is 1.34. The van der Waals surface area contributed by atoms with Crippen molar-refractivity contribution >= 4 is 0 Å². The van der Waals surface area contributed by atoms with E-state index in [1.165, 1.54) is 5.56 Å². The van der Waals surface area contributed by atoms with Crippen molar-refractivity contribution in [1.29, 1.82) is 0 Å². The van der Waals surface area contributed by atoms with Crippen molar-refractivity contribution in [1.82, 2.24) is 0 Å². The second-order valence-corrected chi connectivity index (χ2v) is 2.78. The fourth-order valence-corrected chi connectivity index (χ4v) is 1.26. The Labute approximate surface area is 72.4 Å². The highest BCUT2D eigenvalue weighted by atomic mass is 16.6. The molecule has 1 fully saturated rings. The molecular weight excluding hydrogens is 148 g/mol. The van der Waals surface area contributed by atoms with Crippen LogP contribution >= 0.6 is 0 Å². The number of ether oxygens (including phenoxy) is 1. The van der Waals surface area contributed by atoms with Gasteiger partial charge in [0, 0.05) is 0 Å². The van der Waals surface area contributed by atoms with Crippen LogP contribution in [0.5, 0.6) is 0 Å². The van der Waals surface area contributed by atoms with E-state index in [0.29, 0.717) is 0 Å². The molecule has 1 saturated heterocycles. The third-order valence-corrected chi connectivity index (χ3v) is 1.91. The van der Waals surface area contributed by atoms with Gasteiger partial charge in [0.1, 0.15) is 12.2 Å². The van der Waals surface area contributed by atoms with Crippen molar-refractivity contribution in [3.05, 3.63) is 35.9 Å². The molecule has 1 nitrogen and oxygen atoms in total. The van der Waals surface area contributed by atoms with Gasteiger partial charge in [-0.2, -0.15) is 0 Å². The van der Waals surface area contributed by atoms with Crippen molar-refractivity contribution in [3.63, 3.8) is 0 Å². The average Bonchev–Trinajstić information content (AvgIpc) is 2.87. The van der Waals surface area contributed by atoms with Crippen molar-refractivity contribution < 1.29 is 4.74 Å². The summed E-state index contributed by atoms with van der Waals surface area (Å²) < 4.78 is 5.37. The van der Waals surface area contributed by atoms with Gasteiger partial charge in [0.25, 0.3) is 0 Å². The fourth-order valence-electron chi connectivity index (χ4n) is 1.26. The lowest BCUT2D eigenvalue weighted by Gasteiger charge is -1.90. The van der Waals surface area contributed by atoms with E-state index in [1.54, 1.807) is 0 Å². The molecule has 0 radical (unpaired) electrons. The van der Waals surface area contributed by atoms with E-state index in [9.17, 15) is 0 Å². The van der Waals surface area contributed by atoms with Crippen LogP contribution in [0.1, 0.15) is 18.6 Å². The average molecular weight is 158 g/mol. The summed E-state index contributed by atoms with van der Waals surface area (Å²) in [6, 6.07) is 10.2. The molecule has 0 aliphatic carbocycles. The van der Waals surface area contributed by atoms with Gasteiger partial charge >= 0.3 is 0 Å². The number of benzene rings is 1. The van der Waals surface area contributed by atoms with E-state index in [-0.39, 0.29) is 12.2 Å². The quantitative estimate of drug-likeness (QED) is 0.450. The van der Waals surface area contributed by atoms with Gasteiger partial charge in [-0.25, -0.2) is 0 Å². The molecule has 0 bridgehead atoms. The molecule has 12 heavy (non-hydrogen) atoms. The molecule has 1 aromatic carbocycles. The van der Waals surface area contributed by atoms with Crippen molar-refractivity contribution in [2.45, 2.75) is 19.1 Å². The highest BCUT2D eigenvalue weighted by Crippen LogP contribution is 2.37. The maximum atomic E-state index is 5.37. The molecule has 0 amide bonds. The number of hydrogen-bond donors (Lipinski definition) is 0. The normalized spacial score (nSPS) is 25.8. The monoisotopic (exact) mass is 158 g/mol. The van der Waals surface area contributed by atoms with Crippen LogP contribution in [0.15, 0.2) is 30.3 Å². The highest BCUT2D eigenvalue weighted by molar-refractivity contribution is 5.27. The lowest BCUT2D eigenvalue weighted by molar-refractivity contribution is 0.397. The van der Waals surface area contributed by atoms with E-state index in [2.05, 4.69) is 24.0 Å². The molecule has 0 saturated carbocycles. The second-order valence-electron chi connectivity index (χ2n) is 2.78. The number of epoxide rings is 1. The Bertz CT molecular complexity index is 318. The van der Waals surface area contributed by atoms with Gasteiger partial charge in [-0.15, -0.1) is 5.92 Å². The SMILES string of the molecule is CC#C[C@H]1O[C@H]1c1ccccc1. The molecule has 1 aliphatic heterocycles. The molecule has 1 aliphatic rings. The molecule has 0 aromatic heterocycles. The third-order valence-electron chi connectivity index (χ3n) is 1.91. The van der Waals surface area contributed by atoms with Crippen LogP contribution in [0.3, 0.4) is 0 Å². The molecule has 0 unspecified atom stereocenters. The standard InChI is InChI=1S/C11H10O/c1-2-6-10-11(12-10)9-7-4-3-5-8-9/h3-5,7-8,10-11H,1H3/t10-,11+/m1/s1. The molecule has 0 N–H and O–H groups in total. The predicted molar refractivity (Wildman–Crippen MR) is 47.5 cm³/mol. The maximum Gasteiger partial charge on any atom is 0.149 e. The van der Waals surface area contributed by atoms with Crippen LogP contribution in [0, 0.1) is 11.8 Å². The van der Waals surface area contributed by atoms with E-state index in [4.69, 9.17) is 4.74 Å². The second kappa shape index (κ2) is 3.00. The Hall–Kier alpha value is -1.26. The van der Waals surface area contributed by atoms with Crippen LogP contribution in [0.25, 0.3) is 0 Å². The first-order valence-corrected chi connectivity index (χ1v) is 4.04. The molecule has 2 atom stereocenters. The summed E-state index contributed by atoms with van der Waals surface area (Å²) in [5, 5.41) is 0. The van der Waals surface area contributed by atoms with Crippen molar-refractivity contribution in [2.24, 2.45) is 0 Å². The predicted octanol–water partition coefficient (Wildman–Crippen LogP) is 2.15. The Morgan fingerprint density at radius 3 is 2.67 bits per heavy atom. The zero-order valence-electron chi connectivity index (χ0n) is 6.95. The highest BCUT2D eigenvalue weighted by Gasteiger charge is 2.38.